The third kappa shape index (κ3) is 2.49. The number of hydrogen-bond acceptors (Lipinski definition) is 2. The number of benzene rings is 1. The van der Waals surface area contributed by atoms with Crippen molar-refractivity contribution in [2.75, 3.05) is 0 Å². The maximum Gasteiger partial charge on any atom is 0.119 e. The van der Waals surface area contributed by atoms with Crippen molar-refractivity contribution in [3.8, 4) is 0 Å². The van der Waals surface area contributed by atoms with Gasteiger partial charge in [-0.25, -0.2) is 4.98 Å². The van der Waals surface area contributed by atoms with E-state index >= 15 is 0 Å². The summed E-state index contributed by atoms with van der Waals surface area (Å²) in [6, 6.07) is 6.60. The van der Waals surface area contributed by atoms with Gasteiger partial charge in [0, 0.05) is 12.3 Å². The van der Waals surface area contributed by atoms with Crippen molar-refractivity contribution >= 4 is 23.7 Å². The van der Waals surface area contributed by atoms with Gasteiger partial charge in [-0.05, 0) is 30.5 Å². The summed E-state index contributed by atoms with van der Waals surface area (Å²) in [6.07, 6.45) is 3.47. The fourth-order valence-corrected chi connectivity index (χ4v) is 2.37. The number of aromatic nitrogens is 2. The average Bonchev–Trinajstić information content (AvgIpc) is 2.72. The highest BCUT2D eigenvalue weighted by Gasteiger charge is 2.09. The summed E-state index contributed by atoms with van der Waals surface area (Å²) in [5.41, 5.74) is 3.72. The molecule has 17 heavy (non-hydrogen) atoms. The number of hydrogen-bond donors (Lipinski definition) is 1. The number of nitrogens with zero attached hydrogens (tertiary/aromatic N) is 2. The third-order valence-corrected chi connectivity index (χ3v) is 3.46. The second-order valence-corrected chi connectivity index (χ2v) is 4.68. The molecule has 0 saturated heterocycles. The highest BCUT2D eigenvalue weighted by molar-refractivity contribution is 7.79. The molecule has 2 aromatic rings. The largest absolute Gasteiger partial charge is 0.327 e. The molecule has 0 atom stereocenters. The number of imidazole rings is 1. The Labute approximate surface area is 108 Å². The number of aryl methyl sites for hydroxylation is 2. The van der Waals surface area contributed by atoms with Crippen LogP contribution in [0.2, 0.25) is 0 Å². The average molecular weight is 248 g/mol. The van der Waals surface area contributed by atoms with E-state index in [0.29, 0.717) is 5.75 Å². The predicted molar refractivity (Wildman–Crippen MR) is 76.7 cm³/mol. The van der Waals surface area contributed by atoms with E-state index in [2.05, 4.69) is 54.2 Å². The molecule has 1 heterocycles. The highest BCUT2D eigenvalue weighted by Crippen LogP contribution is 2.20. The van der Waals surface area contributed by atoms with Crippen LogP contribution in [0.1, 0.15) is 38.1 Å². The van der Waals surface area contributed by atoms with E-state index in [1.54, 1.807) is 0 Å². The quantitative estimate of drug-likeness (QED) is 0.796. The first-order valence-electron chi connectivity index (χ1n) is 6.39. The van der Waals surface area contributed by atoms with Crippen LogP contribution in [0.5, 0.6) is 0 Å². The normalized spacial score (nSPS) is 11.2. The molecule has 0 aliphatic rings. The molecule has 0 unspecified atom stereocenters. The van der Waals surface area contributed by atoms with Crippen LogP contribution in [-0.2, 0) is 18.7 Å². The smallest absolute Gasteiger partial charge is 0.119 e. The van der Waals surface area contributed by atoms with Crippen LogP contribution < -0.4 is 0 Å². The standard InChI is InChI=1S/C14H20N2S/c1-3-5-8-16-13-7-6-11(4-2)9-12(13)15-14(16)10-17/h6-7,9,17H,3-5,8,10H2,1-2H3. The first-order valence-corrected chi connectivity index (χ1v) is 7.02. The molecule has 92 valence electrons. The molecule has 0 N–H and O–H groups in total. The lowest BCUT2D eigenvalue weighted by Gasteiger charge is -2.06. The van der Waals surface area contributed by atoms with Gasteiger partial charge < -0.3 is 4.57 Å². The number of thiol groups is 1. The van der Waals surface area contributed by atoms with Gasteiger partial charge in [0.1, 0.15) is 5.82 Å². The summed E-state index contributed by atoms with van der Waals surface area (Å²) >= 11 is 4.38. The third-order valence-electron chi connectivity index (χ3n) is 3.18. The Morgan fingerprint density at radius 1 is 1.29 bits per heavy atom. The predicted octanol–water partition coefficient (Wildman–Crippen LogP) is 3.83. The molecular weight excluding hydrogens is 228 g/mol. The Morgan fingerprint density at radius 2 is 2.12 bits per heavy atom. The Kier molecular flexibility index (Phi) is 4.11. The molecule has 0 aliphatic carbocycles. The maximum absolute atomic E-state index is 4.68. The summed E-state index contributed by atoms with van der Waals surface area (Å²) in [5, 5.41) is 0. The molecule has 0 amide bonds. The molecule has 0 aliphatic heterocycles. The first kappa shape index (κ1) is 12.5. The lowest BCUT2D eigenvalue weighted by atomic mass is 10.1. The molecule has 2 rings (SSSR count). The van der Waals surface area contributed by atoms with Crippen LogP contribution in [0, 0.1) is 0 Å². The molecule has 0 saturated carbocycles. The van der Waals surface area contributed by atoms with Gasteiger partial charge in [-0.15, -0.1) is 0 Å². The van der Waals surface area contributed by atoms with Crippen molar-refractivity contribution in [1.29, 1.82) is 0 Å². The van der Waals surface area contributed by atoms with E-state index in [0.717, 1.165) is 24.3 Å². The molecule has 0 spiro atoms. The second-order valence-electron chi connectivity index (χ2n) is 4.37. The molecule has 2 nitrogen and oxygen atoms in total. The lowest BCUT2D eigenvalue weighted by molar-refractivity contribution is 0.629. The van der Waals surface area contributed by atoms with Crippen LogP contribution in [0.3, 0.4) is 0 Å². The molecule has 0 fully saturated rings. The Hall–Kier alpha value is -0.960. The van der Waals surface area contributed by atoms with Gasteiger partial charge in [-0.3, -0.25) is 0 Å². The first-order chi connectivity index (χ1) is 8.30. The van der Waals surface area contributed by atoms with E-state index in [1.165, 1.54) is 23.9 Å². The van der Waals surface area contributed by atoms with Crippen LogP contribution >= 0.6 is 12.6 Å². The molecular formula is C14H20N2S. The summed E-state index contributed by atoms with van der Waals surface area (Å²) in [4.78, 5) is 4.68. The van der Waals surface area contributed by atoms with Crippen molar-refractivity contribution in [2.45, 2.75) is 45.4 Å². The van der Waals surface area contributed by atoms with Gasteiger partial charge in [0.15, 0.2) is 0 Å². The molecule has 0 bridgehead atoms. The van der Waals surface area contributed by atoms with Gasteiger partial charge >= 0.3 is 0 Å². The number of rotatable bonds is 5. The molecule has 1 aromatic heterocycles. The summed E-state index contributed by atoms with van der Waals surface area (Å²) in [5.74, 6) is 1.80. The Bertz CT molecular complexity index is 502. The summed E-state index contributed by atoms with van der Waals surface area (Å²) in [6.45, 7) is 5.44. The van der Waals surface area contributed by atoms with Crippen LogP contribution in [0.25, 0.3) is 11.0 Å². The lowest BCUT2D eigenvalue weighted by Crippen LogP contribution is -2.02. The summed E-state index contributed by atoms with van der Waals surface area (Å²) < 4.78 is 2.31. The Morgan fingerprint density at radius 3 is 2.76 bits per heavy atom. The molecule has 3 heteroatoms. The minimum atomic E-state index is 0.708. The monoisotopic (exact) mass is 248 g/mol. The number of unbranched alkanes of at least 4 members (excludes halogenated alkanes) is 1. The zero-order chi connectivity index (χ0) is 12.3. The molecule has 0 radical (unpaired) electrons. The van der Waals surface area contributed by atoms with E-state index in [4.69, 9.17) is 0 Å². The SMILES string of the molecule is CCCCn1c(CS)nc2cc(CC)ccc21. The zero-order valence-corrected chi connectivity index (χ0v) is 11.5. The van der Waals surface area contributed by atoms with E-state index in [9.17, 15) is 0 Å². The van der Waals surface area contributed by atoms with Gasteiger partial charge in [-0.1, -0.05) is 26.3 Å². The fourth-order valence-electron chi connectivity index (χ4n) is 2.13. The molecule has 1 aromatic carbocycles. The van der Waals surface area contributed by atoms with Gasteiger partial charge in [0.25, 0.3) is 0 Å². The van der Waals surface area contributed by atoms with Gasteiger partial charge in [0.05, 0.1) is 11.0 Å². The van der Waals surface area contributed by atoms with Crippen LogP contribution in [0.4, 0.5) is 0 Å². The van der Waals surface area contributed by atoms with Gasteiger partial charge in [0.2, 0.25) is 0 Å². The minimum Gasteiger partial charge on any atom is -0.327 e. The van der Waals surface area contributed by atoms with E-state index in [-0.39, 0.29) is 0 Å². The summed E-state index contributed by atoms with van der Waals surface area (Å²) in [7, 11) is 0. The van der Waals surface area contributed by atoms with Gasteiger partial charge in [-0.2, -0.15) is 12.6 Å². The van der Waals surface area contributed by atoms with Crippen molar-refractivity contribution in [3.63, 3.8) is 0 Å². The fraction of sp³-hybridized carbons (Fsp3) is 0.500. The highest BCUT2D eigenvalue weighted by atomic mass is 32.1. The number of fused-ring (bicyclic) bond motifs is 1. The van der Waals surface area contributed by atoms with Crippen molar-refractivity contribution in [1.82, 2.24) is 9.55 Å². The zero-order valence-electron chi connectivity index (χ0n) is 10.6. The van der Waals surface area contributed by atoms with E-state index < -0.39 is 0 Å². The van der Waals surface area contributed by atoms with Crippen LogP contribution in [-0.4, -0.2) is 9.55 Å². The maximum atomic E-state index is 4.68. The van der Waals surface area contributed by atoms with Crippen molar-refractivity contribution in [2.24, 2.45) is 0 Å². The van der Waals surface area contributed by atoms with E-state index in [1.807, 2.05) is 0 Å². The van der Waals surface area contributed by atoms with Crippen LogP contribution in [0.15, 0.2) is 18.2 Å². The van der Waals surface area contributed by atoms with Crippen molar-refractivity contribution in [3.05, 3.63) is 29.6 Å². The second kappa shape index (κ2) is 5.58. The topological polar surface area (TPSA) is 17.8 Å². The minimum absolute atomic E-state index is 0.708. The van der Waals surface area contributed by atoms with Crippen molar-refractivity contribution < 1.29 is 0 Å². The Balaban J connectivity index is 2.47.